The largest absolute Gasteiger partial charge is 0.476 e. The molecule has 0 radical (unpaired) electrons. The van der Waals surface area contributed by atoms with Crippen LogP contribution in [0.3, 0.4) is 0 Å². The maximum absolute atomic E-state index is 10.8. The van der Waals surface area contributed by atoms with Crippen LogP contribution in [0.25, 0.3) is 0 Å². The average molecular weight is 246 g/mol. The molecule has 0 saturated heterocycles. The smallest absolute Gasteiger partial charge is 0.357 e. The van der Waals surface area contributed by atoms with E-state index < -0.39 is 5.97 Å². The summed E-state index contributed by atoms with van der Waals surface area (Å²) in [5.41, 5.74) is 1.67. The van der Waals surface area contributed by atoms with Crippen LogP contribution in [-0.4, -0.2) is 34.1 Å². The number of aromatic carboxylic acids is 1. The molecule has 0 aliphatic rings. The summed E-state index contributed by atoms with van der Waals surface area (Å²) in [6, 6.07) is 0.274. The zero-order valence-corrected chi connectivity index (χ0v) is 10.3. The number of thiazole rings is 1. The second kappa shape index (κ2) is 5.97. The number of thioether (sulfide) groups is 1. The lowest BCUT2D eigenvalue weighted by molar-refractivity contribution is 0.0692. The van der Waals surface area contributed by atoms with Gasteiger partial charge in [-0.15, -0.1) is 11.3 Å². The first-order valence-corrected chi connectivity index (χ1v) is 6.84. The molecule has 15 heavy (non-hydrogen) atoms. The number of aromatic nitrogens is 1. The molecule has 84 valence electrons. The van der Waals surface area contributed by atoms with E-state index in [0.29, 0.717) is 5.00 Å². The van der Waals surface area contributed by atoms with Crippen molar-refractivity contribution in [2.24, 2.45) is 0 Å². The number of nitrogens with zero attached hydrogens (tertiary/aromatic N) is 1. The molecule has 0 saturated carbocycles. The van der Waals surface area contributed by atoms with Crippen LogP contribution in [-0.2, 0) is 0 Å². The predicted molar refractivity (Wildman–Crippen MR) is 65.2 cm³/mol. The second-order valence-electron chi connectivity index (χ2n) is 3.16. The fourth-order valence-corrected chi connectivity index (χ4v) is 2.47. The van der Waals surface area contributed by atoms with Crippen LogP contribution in [0, 0.1) is 0 Å². The van der Waals surface area contributed by atoms with Gasteiger partial charge in [0.15, 0.2) is 5.69 Å². The summed E-state index contributed by atoms with van der Waals surface area (Å²) in [5.74, 6) is 0.0888. The van der Waals surface area contributed by atoms with Crippen LogP contribution < -0.4 is 5.32 Å². The van der Waals surface area contributed by atoms with E-state index in [2.05, 4.69) is 16.6 Å². The maximum Gasteiger partial charge on any atom is 0.357 e. The SMILES string of the molecule is CSCCC(C)Nc1scnc1C(=O)O. The Morgan fingerprint density at radius 1 is 1.80 bits per heavy atom. The highest BCUT2D eigenvalue weighted by Crippen LogP contribution is 2.21. The Kier molecular flexibility index (Phi) is 4.90. The van der Waals surface area contributed by atoms with Crippen LogP contribution in [0.15, 0.2) is 5.51 Å². The van der Waals surface area contributed by atoms with Crippen molar-refractivity contribution in [2.75, 3.05) is 17.3 Å². The number of nitrogens with one attached hydrogen (secondary N) is 1. The Hall–Kier alpha value is -0.750. The summed E-state index contributed by atoms with van der Waals surface area (Å²) in [4.78, 5) is 14.6. The van der Waals surface area contributed by atoms with Crippen LogP contribution in [0.1, 0.15) is 23.8 Å². The molecule has 1 heterocycles. The normalized spacial score (nSPS) is 12.4. The number of carboxylic acid groups (broad SMARTS) is 1. The third-order valence-electron chi connectivity index (χ3n) is 1.90. The lowest BCUT2D eigenvalue weighted by Gasteiger charge is -2.12. The van der Waals surface area contributed by atoms with Gasteiger partial charge in [0, 0.05) is 6.04 Å². The first kappa shape index (κ1) is 12.3. The van der Waals surface area contributed by atoms with Crippen molar-refractivity contribution < 1.29 is 9.90 Å². The van der Waals surface area contributed by atoms with Crippen molar-refractivity contribution in [3.05, 3.63) is 11.2 Å². The summed E-state index contributed by atoms with van der Waals surface area (Å²) < 4.78 is 0. The molecule has 1 aromatic rings. The zero-order valence-electron chi connectivity index (χ0n) is 8.69. The molecule has 1 atom stereocenters. The lowest BCUT2D eigenvalue weighted by Crippen LogP contribution is -2.17. The zero-order chi connectivity index (χ0) is 11.3. The molecule has 6 heteroatoms. The highest BCUT2D eigenvalue weighted by Gasteiger charge is 2.14. The van der Waals surface area contributed by atoms with Gasteiger partial charge < -0.3 is 10.4 Å². The molecular weight excluding hydrogens is 232 g/mol. The fourth-order valence-electron chi connectivity index (χ4n) is 1.09. The number of hydrogen-bond donors (Lipinski definition) is 2. The molecule has 0 aromatic carbocycles. The summed E-state index contributed by atoms with van der Waals surface area (Å²) in [6.45, 7) is 2.04. The standard InChI is InChI=1S/C9H14N2O2S2/c1-6(3-4-14-2)11-8-7(9(12)13)10-5-15-8/h5-6,11H,3-4H2,1-2H3,(H,12,13). The fraction of sp³-hybridized carbons (Fsp3) is 0.556. The van der Waals surface area contributed by atoms with Crippen molar-refractivity contribution in [1.29, 1.82) is 0 Å². The van der Waals surface area contributed by atoms with Gasteiger partial charge in [-0.2, -0.15) is 11.8 Å². The molecule has 4 nitrogen and oxygen atoms in total. The molecule has 0 amide bonds. The summed E-state index contributed by atoms with van der Waals surface area (Å²) >= 11 is 3.11. The average Bonchev–Trinajstić information content (AvgIpc) is 2.62. The van der Waals surface area contributed by atoms with E-state index in [-0.39, 0.29) is 11.7 Å². The molecule has 0 aliphatic carbocycles. The van der Waals surface area contributed by atoms with Gasteiger partial charge in [0.05, 0.1) is 5.51 Å². The minimum Gasteiger partial charge on any atom is -0.476 e. The molecule has 2 N–H and O–H groups in total. The lowest BCUT2D eigenvalue weighted by atomic mass is 10.2. The Balaban J connectivity index is 2.56. The number of rotatable bonds is 6. The van der Waals surface area contributed by atoms with Crippen molar-refractivity contribution in [1.82, 2.24) is 4.98 Å². The van der Waals surface area contributed by atoms with E-state index in [1.54, 1.807) is 17.3 Å². The molecule has 1 aromatic heterocycles. The van der Waals surface area contributed by atoms with Gasteiger partial charge in [-0.1, -0.05) is 0 Å². The van der Waals surface area contributed by atoms with E-state index >= 15 is 0 Å². The monoisotopic (exact) mass is 246 g/mol. The van der Waals surface area contributed by atoms with Gasteiger partial charge in [-0.3, -0.25) is 0 Å². The van der Waals surface area contributed by atoms with Gasteiger partial charge in [0.25, 0.3) is 0 Å². The van der Waals surface area contributed by atoms with E-state index in [4.69, 9.17) is 5.11 Å². The topological polar surface area (TPSA) is 62.2 Å². The van der Waals surface area contributed by atoms with Crippen LogP contribution in [0.2, 0.25) is 0 Å². The van der Waals surface area contributed by atoms with Gasteiger partial charge >= 0.3 is 5.97 Å². The number of carboxylic acids is 1. The minimum atomic E-state index is -0.976. The summed E-state index contributed by atoms with van der Waals surface area (Å²) in [7, 11) is 0. The molecular formula is C9H14N2O2S2. The van der Waals surface area contributed by atoms with Gasteiger partial charge in [0.2, 0.25) is 0 Å². The van der Waals surface area contributed by atoms with Crippen LogP contribution in [0.5, 0.6) is 0 Å². The molecule has 1 rings (SSSR count). The van der Waals surface area contributed by atoms with Crippen LogP contribution >= 0.6 is 23.1 Å². The van der Waals surface area contributed by atoms with Crippen LogP contribution in [0.4, 0.5) is 5.00 Å². The first-order chi connectivity index (χ1) is 7.15. The molecule has 0 fully saturated rings. The number of anilines is 1. The summed E-state index contributed by atoms with van der Waals surface area (Å²) in [5, 5.41) is 12.7. The van der Waals surface area contributed by atoms with Gasteiger partial charge in [-0.25, -0.2) is 9.78 Å². The van der Waals surface area contributed by atoms with E-state index in [1.807, 2.05) is 6.92 Å². The van der Waals surface area contributed by atoms with Crippen molar-refractivity contribution in [2.45, 2.75) is 19.4 Å². The maximum atomic E-state index is 10.8. The third kappa shape index (κ3) is 3.71. The predicted octanol–water partition coefficient (Wildman–Crippen LogP) is 2.39. The third-order valence-corrected chi connectivity index (χ3v) is 3.30. The van der Waals surface area contributed by atoms with Crippen molar-refractivity contribution in [3.63, 3.8) is 0 Å². The van der Waals surface area contributed by atoms with Gasteiger partial charge in [-0.05, 0) is 25.4 Å². The quantitative estimate of drug-likeness (QED) is 0.807. The Labute approximate surface area is 97.1 Å². The Bertz CT molecular complexity index is 328. The Morgan fingerprint density at radius 3 is 3.13 bits per heavy atom. The number of hydrogen-bond acceptors (Lipinski definition) is 5. The second-order valence-corrected chi connectivity index (χ2v) is 5.00. The Morgan fingerprint density at radius 2 is 2.53 bits per heavy atom. The molecule has 0 aliphatic heterocycles. The molecule has 1 unspecified atom stereocenters. The first-order valence-electron chi connectivity index (χ1n) is 4.57. The number of carbonyl (C=O) groups is 1. The molecule has 0 bridgehead atoms. The van der Waals surface area contributed by atoms with Crippen molar-refractivity contribution >= 4 is 34.1 Å². The molecule has 0 spiro atoms. The highest BCUT2D eigenvalue weighted by molar-refractivity contribution is 7.98. The van der Waals surface area contributed by atoms with E-state index in [1.165, 1.54) is 11.3 Å². The van der Waals surface area contributed by atoms with Gasteiger partial charge in [0.1, 0.15) is 5.00 Å². The van der Waals surface area contributed by atoms with E-state index in [9.17, 15) is 4.79 Å². The summed E-state index contributed by atoms with van der Waals surface area (Å²) in [6.07, 6.45) is 3.07. The minimum absolute atomic E-state index is 0.121. The van der Waals surface area contributed by atoms with Crippen molar-refractivity contribution in [3.8, 4) is 0 Å². The van der Waals surface area contributed by atoms with E-state index in [0.717, 1.165) is 12.2 Å². The highest BCUT2D eigenvalue weighted by atomic mass is 32.2.